The largest absolute Gasteiger partial charge is 0.328 e. The Hall–Kier alpha value is -2.95. The maximum Gasteiger partial charge on any atom is 0.328 e. The first-order valence-electron chi connectivity index (χ1n) is 9.56. The van der Waals surface area contributed by atoms with Gasteiger partial charge in [0.2, 0.25) is 11.8 Å². The van der Waals surface area contributed by atoms with E-state index in [2.05, 4.69) is 23.8 Å². The van der Waals surface area contributed by atoms with Gasteiger partial charge in [-0.3, -0.25) is 20.2 Å². The standard InChI is InChI=1S/C19H22N2O3.2C2H6/c1-5-9-11-13(7-3)15(14(8-4)12-10-6-2)16-17(22)20-19(24)21-18(16)23;2*1-2/h5-12,15-16H,1,4H2,2-3H3,(H2,20,21,22,23,24);2*1-2H3/b10-6-,11-9-,13-7+,14-12+;;. The number of imide groups is 2. The molecule has 1 aliphatic heterocycles. The SMILES string of the molecule is C=C/C=C\C(=C/C)C(/C(C=C)=C/C=C\C)C1C(=O)NC(=O)NC1=O.CC.CC. The van der Waals surface area contributed by atoms with Gasteiger partial charge in [0.05, 0.1) is 0 Å². The van der Waals surface area contributed by atoms with E-state index < -0.39 is 29.7 Å². The van der Waals surface area contributed by atoms with Gasteiger partial charge in [0.1, 0.15) is 5.92 Å². The van der Waals surface area contributed by atoms with Gasteiger partial charge in [0, 0.05) is 5.92 Å². The van der Waals surface area contributed by atoms with Crippen molar-refractivity contribution in [2.45, 2.75) is 41.5 Å². The van der Waals surface area contributed by atoms with Crippen LogP contribution in [0.3, 0.4) is 0 Å². The molecule has 1 saturated heterocycles. The maximum absolute atomic E-state index is 12.3. The van der Waals surface area contributed by atoms with Crippen LogP contribution >= 0.6 is 0 Å². The van der Waals surface area contributed by atoms with E-state index in [1.807, 2.05) is 53.7 Å². The number of rotatable bonds is 7. The Bertz CT molecular complexity index is 647. The lowest BCUT2D eigenvalue weighted by molar-refractivity contribution is -0.137. The van der Waals surface area contributed by atoms with Crippen LogP contribution in [0.1, 0.15) is 41.5 Å². The molecule has 0 aromatic heterocycles. The van der Waals surface area contributed by atoms with Gasteiger partial charge in [-0.2, -0.15) is 0 Å². The quantitative estimate of drug-likeness (QED) is 0.477. The first kappa shape index (κ1) is 27.3. The van der Waals surface area contributed by atoms with Crippen molar-refractivity contribution in [2.24, 2.45) is 11.8 Å². The smallest absolute Gasteiger partial charge is 0.277 e. The van der Waals surface area contributed by atoms with Crippen LogP contribution in [0.5, 0.6) is 0 Å². The summed E-state index contributed by atoms with van der Waals surface area (Å²) < 4.78 is 0. The van der Waals surface area contributed by atoms with Gasteiger partial charge in [0.25, 0.3) is 0 Å². The van der Waals surface area contributed by atoms with E-state index in [-0.39, 0.29) is 0 Å². The molecule has 0 aromatic carbocycles. The molecular formula is C23H34N2O3. The fourth-order valence-corrected chi connectivity index (χ4v) is 2.47. The van der Waals surface area contributed by atoms with Gasteiger partial charge in [0.15, 0.2) is 0 Å². The van der Waals surface area contributed by atoms with Gasteiger partial charge in [-0.05, 0) is 25.0 Å². The van der Waals surface area contributed by atoms with E-state index in [4.69, 9.17) is 0 Å². The molecule has 5 heteroatoms. The third-order valence-electron chi connectivity index (χ3n) is 3.56. The first-order valence-corrected chi connectivity index (χ1v) is 9.56. The summed E-state index contributed by atoms with van der Waals surface area (Å²) in [5.41, 5.74) is 1.44. The molecule has 1 aliphatic rings. The van der Waals surface area contributed by atoms with Crippen molar-refractivity contribution in [2.75, 3.05) is 0 Å². The van der Waals surface area contributed by atoms with Crippen molar-refractivity contribution in [3.63, 3.8) is 0 Å². The molecule has 0 aromatic rings. The van der Waals surface area contributed by atoms with Crippen LogP contribution in [0.4, 0.5) is 4.79 Å². The van der Waals surface area contributed by atoms with Crippen LogP contribution in [-0.4, -0.2) is 17.8 Å². The lowest BCUT2D eigenvalue weighted by atomic mass is 9.77. The molecule has 1 fully saturated rings. The van der Waals surface area contributed by atoms with E-state index in [0.29, 0.717) is 5.57 Å². The second kappa shape index (κ2) is 16.2. The number of allylic oxidation sites excluding steroid dienone is 10. The van der Waals surface area contributed by atoms with Crippen molar-refractivity contribution in [1.82, 2.24) is 10.6 Å². The highest BCUT2D eigenvalue weighted by atomic mass is 16.2. The van der Waals surface area contributed by atoms with E-state index >= 15 is 0 Å². The molecule has 154 valence electrons. The van der Waals surface area contributed by atoms with E-state index in [9.17, 15) is 14.4 Å². The highest BCUT2D eigenvalue weighted by Crippen LogP contribution is 2.32. The molecule has 0 radical (unpaired) electrons. The fraction of sp³-hybridized carbons (Fsp3) is 0.348. The zero-order valence-corrected chi connectivity index (χ0v) is 17.9. The van der Waals surface area contributed by atoms with Crippen LogP contribution in [0, 0.1) is 11.8 Å². The lowest BCUT2D eigenvalue weighted by Gasteiger charge is -2.30. The van der Waals surface area contributed by atoms with E-state index in [1.54, 1.807) is 36.5 Å². The molecule has 2 N–H and O–H groups in total. The molecule has 28 heavy (non-hydrogen) atoms. The molecule has 0 aliphatic carbocycles. The second-order valence-electron chi connectivity index (χ2n) is 5.04. The monoisotopic (exact) mass is 386 g/mol. The summed E-state index contributed by atoms with van der Waals surface area (Å²) in [6.45, 7) is 19.1. The van der Waals surface area contributed by atoms with Crippen LogP contribution in [0.15, 0.2) is 72.9 Å². The average molecular weight is 387 g/mol. The Labute approximate surface area is 169 Å². The van der Waals surface area contributed by atoms with Crippen molar-refractivity contribution in [3.05, 3.63) is 72.9 Å². The van der Waals surface area contributed by atoms with Crippen molar-refractivity contribution in [3.8, 4) is 0 Å². The zero-order valence-electron chi connectivity index (χ0n) is 17.9. The van der Waals surface area contributed by atoms with E-state index in [1.165, 1.54) is 0 Å². The number of hydrogen-bond acceptors (Lipinski definition) is 3. The van der Waals surface area contributed by atoms with Crippen LogP contribution in [-0.2, 0) is 9.59 Å². The minimum absolute atomic E-state index is 0.576. The van der Waals surface area contributed by atoms with Gasteiger partial charge in [-0.15, -0.1) is 0 Å². The van der Waals surface area contributed by atoms with Crippen LogP contribution in [0.25, 0.3) is 0 Å². The Kier molecular flexibility index (Phi) is 15.8. The summed E-state index contributed by atoms with van der Waals surface area (Å²) >= 11 is 0. The number of barbiturate groups is 1. The predicted molar refractivity (Wildman–Crippen MR) is 118 cm³/mol. The summed E-state index contributed by atoms with van der Waals surface area (Å²) in [5, 5.41) is 4.30. The van der Waals surface area contributed by atoms with Crippen molar-refractivity contribution < 1.29 is 14.4 Å². The maximum atomic E-state index is 12.3. The van der Waals surface area contributed by atoms with Crippen molar-refractivity contribution in [1.29, 1.82) is 0 Å². The first-order chi connectivity index (χ1) is 13.5. The normalized spacial score (nSPS) is 16.4. The summed E-state index contributed by atoms with van der Waals surface area (Å²) in [4.78, 5) is 35.9. The highest BCUT2D eigenvalue weighted by Gasteiger charge is 2.41. The summed E-state index contributed by atoms with van der Waals surface area (Å²) in [7, 11) is 0. The van der Waals surface area contributed by atoms with Crippen molar-refractivity contribution >= 4 is 17.8 Å². The lowest BCUT2D eigenvalue weighted by Crippen LogP contribution is -2.58. The molecule has 0 bridgehead atoms. The number of urea groups is 1. The predicted octanol–water partition coefficient (Wildman–Crippen LogP) is 5.01. The second-order valence-corrected chi connectivity index (χ2v) is 5.04. The fourth-order valence-electron chi connectivity index (χ4n) is 2.47. The minimum Gasteiger partial charge on any atom is -0.277 e. The van der Waals surface area contributed by atoms with Crippen LogP contribution in [0.2, 0.25) is 0 Å². The topological polar surface area (TPSA) is 75.3 Å². The molecule has 1 heterocycles. The summed E-state index contributed by atoms with van der Waals surface area (Å²) in [6, 6.07) is -0.804. The van der Waals surface area contributed by atoms with Gasteiger partial charge in [-0.1, -0.05) is 89.5 Å². The molecular weight excluding hydrogens is 352 g/mol. The number of amides is 4. The Balaban J connectivity index is 0. The zero-order chi connectivity index (χ0) is 22.1. The molecule has 1 rings (SSSR count). The molecule has 0 saturated carbocycles. The van der Waals surface area contributed by atoms with Gasteiger partial charge < -0.3 is 0 Å². The molecule has 0 spiro atoms. The van der Waals surface area contributed by atoms with Gasteiger partial charge in [-0.25, -0.2) is 4.79 Å². The molecule has 1 atom stereocenters. The van der Waals surface area contributed by atoms with Crippen LogP contribution < -0.4 is 10.6 Å². The number of nitrogens with one attached hydrogen (secondary N) is 2. The Morgan fingerprint density at radius 3 is 1.86 bits per heavy atom. The summed E-state index contributed by atoms with van der Waals surface area (Å²) in [5.74, 6) is -2.91. The average Bonchev–Trinajstić information content (AvgIpc) is 2.70. The molecule has 1 unspecified atom stereocenters. The number of carbonyl (C=O) groups excluding carboxylic acids is 3. The third-order valence-corrected chi connectivity index (χ3v) is 3.56. The minimum atomic E-state index is -1.07. The van der Waals surface area contributed by atoms with E-state index in [0.717, 1.165) is 5.57 Å². The Morgan fingerprint density at radius 2 is 1.46 bits per heavy atom. The summed E-state index contributed by atoms with van der Waals surface area (Å²) in [6.07, 6.45) is 14.0. The van der Waals surface area contributed by atoms with Gasteiger partial charge >= 0.3 is 6.03 Å². The number of hydrogen-bond donors (Lipinski definition) is 2. The Morgan fingerprint density at radius 1 is 0.929 bits per heavy atom. The molecule has 5 nitrogen and oxygen atoms in total. The highest BCUT2D eigenvalue weighted by molar-refractivity contribution is 6.16. The third kappa shape index (κ3) is 8.16. The number of carbonyl (C=O) groups is 3. The molecule has 4 amide bonds.